The van der Waals surface area contributed by atoms with Crippen molar-refractivity contribution in [2.45, 2.75) is 24.8 Å². The molecule has 28 heavy (non-hydrogen) atoms. The van der Waals surface area contributed by atoms with Crippen LogP contribution in [0.3, 0.4) is 0 Å². The monoisotopic (exact) mass is 418 g/mol. The van der Waals surface area contributed by atoms with E-state index in [4.69, 9.17) is 16.0 Å². The number of halogens is 1. The average Bonchev–Trinajstić information content (AvgIpc) is 3.16. The molecule has 1 atom stereocenters. The minimum absolute atomic E-state index is 0.0609. The van der Waals surface area contributed by atoms with Crippen molar-refractivity contribution < 1.29 is 17.6 Å². The second kappa shape index (κ2) is 8.08. The summed E-state index contributed by atoms with van der Waals surface area (Å²) in [6.45, 7) is 3.62. The standard InChI is InChI=1S/C20H19ClN2O4S/c1-13-5-3-6-15(11-13)23-28(25,26)16-8-9-18(21)17(12-16)20(24)22-14(2)19-7-4-10-27-19/h3-12,14,23H,1-2H3,(H,22,24)/t14-/m1/s1. The number of carbonyl (C=O) groups is 1. The lowest BCUT2D eigenvalue weighted by molar-refractivity contribution is 0.0935. The van der Waals surface area contributed by atoms with Gasteiger partial charge in [0.2, 0.25) is 0 Å². The number of anilines is 1. The molecule has 3 rings (SSSR count). The summed E-state index contributed by atoms with van der Waals surface area (Å²) in [7, 11) is -3.88. The van der Waals surface area contributed by atoms with E-state index in [2.05, 4.69) is 10.0 Å². The lowest BCUT2D eigenvalue weighted by Gasteiger charge is -2.14. The van der Waals surface area contributed by atoms with Crippen LogP contribution in [-0.4, -0.2) is 14.3 Å². The molecule has 8 heteroatoms. The number of sulfonamides is 1. The maximum absolute atomic E-state index is 12.7. The minimum Gasteiger partial charge on any atom is -0.467 e. The molecule has 0 unspecified atom stereocenters. The van der Waals surface area contributed by atoms with Crippen molar-refractivity contribution in [2.24, 2.45) is 0 Å². The number of amides is 1. The Morgan fingerprint density at radius 2 is 1.89 bits per heavy atom. The zero-order valence-electron chi connectivity index (χ0n) is 15.3. The Labute approximate surface area is 168 Å². The Morgan fingerprint density at radius 1 is 1.11 bits per heavy atom. The Hall–Kier alpha value is -2.77. The zero-order chi connectivity index (χ0) is 20.3. The molecule has 1 aromatic heterocycles. The highest BCUT2D eigenvalue weighted by molar-refractivity contribution is 7.92. The summed E-state index contributed by atoms with van der Waals surface area (Å²) < 4.78 is 33.2. The van der Waals surface area contributed by atoms with E-state index in [-0.39, 0.29) is 15.5 Å². The summed E-state index contributed by atoms with van der Waals surface area (Å²) in [6.07, 6.45) is 1.51. The summed E-state index contributed by atoms with van der Waals surface area (Å²) in [5.74, 6) is 0.0795. The zero-order valence-corrected chi connectivity index (χ0v) is 16.8. The van der Waals surface area contributed by atoms with Gasteiger partial charge in [-0.1, -0.05) is 23.7 Å². The lowest BCUT2D eigenvalue weighted by atomic mass is 10.2. The average molecular weight is 419 g/mol. The molecule has 0 fully saturated rings. The van der Waals surface area contributed by atoms with Crippen LogP contribution in [-0.2, 0) is 10.0 Å². The minimum atomic E-state index is -3.88. The highest BCUT2D eigenvalue weighted by Gasteiger charge is 2.21. The van der Waals surface area contributed by atoms with Crippen LogP contribution in [0.4, 0.5) is 5.69 Å². The highest BCUT2D eigenvalue weighted by atomic mass is 35.5. The lowest BCUT2D eigenvalue weighted by Crippen LogP contribution is -2.27. The van der Waals surface area contributed by atoms with Gasteiger partial charge < -0.3 is 9.73 Å². The highest BCUT2D eigenvalue weighted by Crippen LogP contribution is 2.24. The van der Waals surface area contributed by atoms with Crippen LogP contribution in [0.15, 0.2) is 70.2 Å². The topological polar surface area (TPSA) is 88.4 Å². The third-order valence-corrected chi connectivity index (χ3v) is 5.79. The van der Waals surface area contributed by atoms with Gasteiger partial charge in [0.1, 0.15) is 5.76 Å². The molecule has 2 N–H and O–H groups in total. The largest absolute Gasteiger partial charge is 0.467 e. The molecule has 0 spiro atoms. The number of aryl methyl sites for hydroxylation is 1. The fraction of sp³-hybridized carbons (Fsp3) is 0.150. The van der Waals surface area contributed by atoms with Gasteiger partial charge in [0, 0.05) is 5.69 Å². The third-order valence-electron chi connectivity index (χ3n) is 4.08. The van der Waals surface area contributed by atoms with Crippen LogP contribution < -0.4 is 10.0 Å². The van der Waals surface area contributed by atoms with E-state index >= 15 is 0 Å². The fourth-order valence-electron chi connectivity index (χ4n) is 2.65. The number of carbonyl (C=O) groups excluding carboxylic acids is 1. The van der Waals surface area contributed by atoms with Crippen LogP contribution in [0.2, 0.25) is 5.02 Å². The molecule has 0 aliphatic heterocycles. The molecule has 2 aromatic carbocycles. The maximum atomic E-state index is 12.7. The molecule has 0 radical (unpaired) electrons. The summed E-state index contributed by atoms with van der Waals surface area (Å²) in [6, 6.07) is 14.0. The summed E-state index contributed by atoms with van der Waals surface area (Å²) in [5.41, 5.74) is 1.42. The van der Waals surface area contributed by atoms with Crippen molar-refractivity contribution in [2.75, 3.05) is 4.72 Å². The van der Waals surface area contributed by atoms with Gasteiger partial charge in [-0.25, -0.2) is 8.42 Å². The van der Waals surface area contributed by atoms with Crippen LogP contribution in [0, 0.1) is 6.92 Å². The van der Waals surface area contributed by atoms with Gasteiger partial charge in [0.15, 0.2) is 0 Å². The molecule has 146 valence electrons. The molecule has 3 aromatic rings. The van der Waals surface area contributed by atoms with Gasteiger partial charge in [-0.3, -0.25) is 9.52 Å². The summed E-state index contributed by atoms with van der Waals surface area (Å²) in [5, 5.41) is 2.89. The fourth-order valence-corrected chi connectivity index (χ4v) is 3.93. The van der Waals surface area contributed by atoms with Crippen LogP contribution in [0.25, 0.3) is 0 Å². The molecule has 0 aliphatic rings. The van der Waals surface area contributed by atoms with Gasteiger partial charge in [-0.05, 0) is 61.9 Å². The SMILES string of the molecule is Cc1cccc(NS(=O)(=O)c2ccc(Cl)c(C(=O)N[C@H](C)c3ccco3)c2)c1. The number of benzene rings is 2. The molecular formula is C20H19ClN2O4S. The van der Waals surface area contributed by atoms with Gasteiger partial charge in [-0.2, -0.15) is 0 Å². The Morgan fingerprint density at radius 3 is 2.57 bits per heavy atom. The van der Waals surface area contributed by atoms with Gasteiger partial charge in [-0.15, -0.1) is 0 Å². The van der Waals surface area contributed by atoms with Crippen LogP contribution in [0.5, 0.6) is 0 Å². The van der Waals surface area contributed by atoms with E-state index < -0.39 is 22.0 Å². The smallest absolute Gasteiger partial charge is 0.261 e. The van der Waals surface area contributed by atoms with Gasteiger partial charge in [0.05, 0.1) is 27.8 Å². The van der Waals surface area contributed by atoms with Gasteiger partial charge in [0.25, 0.3) is 15.9 Å². The molecule has 0 saturated heterocycles. The Kier molecular flexibility index (Phi) is 5.76. The quantitative estimate of drug-likeness (QED) is 0.615. The number of nitrogens with one attached hydrogen (secondary N) is 2. The summed E-state index contributed by atoms with van der Waals surface area (Å²) in [4.78, 5) is 12.5. The first-order chi connectivity index (χ1) is 13.3. The van der Waals surface area contributed by atoms with E-state index in [0.29, 0.717) is 11.4 Å². The first kappa shape index (κ1) is 20.0. The van der Waals surface area contributed by atoms with E-state index in [1.54, 1.807) is 37.3 Å². The van der Waals surface area contributed by atoms with Crippen molar-refractivity contribution in [3.63, 3.8) is 0 Å². The number of furan rings is 1. The van der Waals surface area contributed by atoms with Crippen molar-refractivity contribution in [3.8, 4) is 0 Å². The molecule has 6 nitrogen and oxygen atoms in total. The second-order valence-electron chi connectivity index (χ2n) is 6.33. The van der Waals surface area contributed by atoms with E-state index in [1.165, 1.54) is 24.5 Å². The molecule has 1 amide bonds. The summed E-state index contributed by atoms with van der Waals surface area (Å²) >= 11 is 6.13. The number of hydrogen-bond donors (Lipinski definition) is 2. The first-order valence-corrected chi connectivity index (χ1v) is 10.4. The van der Waals surface area contributed by atoms with E-state index in [1.807, 2.05) is 13.0 Å². The predicted octanol–water partition coefficient (Wildman–Crippen LogP) is 4.53. The molecule has 0 bridgehead atoms. The van der Waals surface area contributed by atoms with Crippen molar-refractivity contribution >= 4 is 33.2 Å². The normalized spacial score (nSPS) is 12.4. The second-order valence-corrected chi connectivity index (χ2v) is 8.42. The third kappa shape index (κ3) is 4.55. The van der Waals surface area contributed by atoms with Crippen molar-refractivity contribution in [1.82, 2.24) is 5.32 Å². The number of hydrogen-bond acceptors (Lipinski definition) is 4. The van der Waals surface area contributed by atoms with E-state index in [0.717, 1.165) is 5.56 Å². The van der Waals surface area contributed by atoms with Crippen LogP contribution >= 0.6 is 11.6 Å². The Balaban J connectivity index is 1.85. The van der Waals surface area contributed by atoms with Gasteiger partial charge >= 0.3 is 0 Å². The maximum Gasteiger partial charge on any atom is 0.261 e. The number of rotatable bonds is 6. The predicted molar refractivity (Wildman–Crippen MR) is 108 cm³/mol. The van der Waals surface area contributed by atoms with E-state index in [9.17, 15) is 13.2 Å². The molecule has 1 heterocycles. The Bertz CT molecular complexity index is 1100. The molecule has 0 aliphatic carbocycles. The molecular weight excluding hydrogens is 400 g/mol. The molecule has 0 saturated carbocycles. The first-order valence-electron chi connectivity index (χ1n) is 8.49. The van der Waals surface area contributed by atoms with Crippen LogP contribution in [0.1, 0.15) is 34.6 Å². The van der Waals surface area contributed by atoms with Crippen molar-refractivity contribution in [1.29, 1.82) is 0 Å². The van der Waals surface area contributed by atoms with Crippen molar-refractivity contribution in [3.05, 3.63) is 82.8 Å².